The van der Waals surface area contributed by atoms with E-state index in [0.29, 0.717) is 12.2 Å². The standard InChI is InChI=1S/C20H31F3O/c1-5-7-8-9-10-11-12-16(20(3,4)24-6-2)15-13-17(21)19(23)18(22)14-15/h13-14,16H,5-12H2,1-4H3. The van der Waals surface area contributed by atoms with E-state index in [1.165, 1.54) is 25.7 Å². The SMILES string of the molecule is CCCCCCCCC(c1cc(F)c(F)c(F)c1)C(C)(C)OCC. The van der Waals surface area contributed by atoms with Gasteiger partial charge in [0.2, 0.25) is 0 Å². The van der Waals surface area contributed by atoms with Crippen molar-refractivity contribution in [3.8, 4) is 0 Å². The molecule has 1 nitrogen and oxygen atoms in total. The lowest BCUT2D eigenvalue weighted by molar-refractivity contribution is -0.0336. The first-order valence-electron chi connectivity index (χ1n) is 9.11. The summed E-state index contributed by atoms with van der Waals surface area (Å²) < 4.78 is 46.4. The average molecular weight is 344 g/mol. The molecule has 0 aromatic heterocycles. The minimum Gasteiger partial charge on any atom is -0.375 e. The molecule has 0 aliphatic rings. The van der Waals surface area contributed by atoms with Gasteiger partial charge in [0.05, 0.1) is 5.60 Å². The fourth-order valence-electron chi connectivity index (χ4n) is 3.29. The van der Waals surface area contributed by atoms with Crippen LogP contribution in [0.25, 0.3) is 0 Å². The molecule has 0 aliphatic carbocycles. The molecule has 0 aliphatic heterocycles. The van der Waals surface area contributed by atoms with Crippen molar-refractivity contribution >= 4 is 0 Å². The predicted molar refractivity (Wildman–Crippen MR) is 92.8 cm³/mol. The summed E-state index contributed by atoms with van der Waals surface area (Å²) in [6.45, 7) is 8.45. The second kappa shape index (κ2) is 10.1. The van der Waals surface area contributed by atoms with Crippen molar-refractivity contribution in [1.82, 2.24) is 0 Å². The van der Waals surface area contributed by atoms with Gasteiger partial charge in [0.25, 0.3) is 0 Å². The van der Waals surface area contributed by atoms with Crippen LogP contribution in [0.4, 0.5) is 13.2 Å². The van der Waals surface area contributed by atoms with Crippen LogP contribution in [0, 0.1) is 17.5 Å². The van der Waals surface area contributed by atoms with Gasteiger partial charge in [-0.3, -0.25) is 0 Å². The average Bonchev–Trinajstić information content (AvgIpc) is 2.51. The molecule has 1 aromatic rings. The summed E-state index contributed by atoms with van der Waals surface area (Å²) in [6, 6.07) is 2.22. The van der Waals surface area contributed by atoms with Crippen LogP contribution in [0.1, 0.15) is 84.1 Å². The van der Waals surface area contributed by atoms with Gasteiger partial charge in [-0.05, 0) is 44.9 Å². The molecule has 0 spiro atoms. The molecule has 24 heavy (non-hydrogen) atoms. The smallest absolute Gasteiger partial charge is 0.194 e. The van der Waals surface area contributed by atoms with Crippen LogP contribution >= 0.6 is 0 Å². The lowest BCUT2D eigenvalue weighted by Gasteiger charge is -2.35. The first kappa shape index (κ1) is 21.0. The Hall–Kier alpha value is -1.03. The van der Waals surface area contributed by atoms with Crippen molar-refractivity contribution in [1.29, 1.82) is 0 Å². The van der Waals surface area contributed by atoms with E-state index in [0.717, 1.165) is 31.4 Å². The third-order valence-corrected chi connectivity index (χ3v) is 4.61. The number of ether oxygens (including phenoxy) is 1. The van der Waals surface area contributed by atoms with Crippen molar-refractivity contribution in [3.63, 3.8) is 0 Å². The van der Waals surface area contributed by atoms with Crippen molar-refractivity contribution < 1.29 is 17.9 Å². The summed E-state index contributed by atoms with van der Waals surface area (Å²) in [5.74, 6) is -3.85. The summed E-state index contributed by atoms with van der Waals surface area (Å²) >= 11 is 0. The zero-order valence-corrected chi connectivity index (χ0v) is 15.4. The van der Waals surface area contributed by atoms with Crippen molar-refractivity contribution in [3.05, 3.63) is 35.1 Å². The first-order valence-corrected chi connectivity index (χ1v) is 9.11. The Labute approximate surface area is 144 Å². The minimum absolute atomic E-state index is 0.173. The highest BCUT2D eigenvalue weighted by Crippen LogP contribution is 2.37. The molecular formula is C20H31F3O. The fourth-order valence-corrected chi connectivity index (χ4v) is 3.29. The molecule has 0 fully saturated rings. The zero-order valence-electron chi connectivity index (χ0n) is 15.4. The van der Waals surface area contributed by atoms with Gasteiger partial charge in [-0.1, -0.05) is 45.4 Å². The Bertz CT molecular complexity index is 477. The van der Waals surface area contributed by atoms with E-state index in [4.69, 9.17) is 4.74 Å². The Balaban J connectivity index is 2.86. The van der Waals surface area contributed by atoms with E-state index in [2.05, 4.69) is 6.92 Å². The monoisotopic (exact) mass is 344 g/mol. The molecule has 0 bridgehead atoms. The lowest BCUT2D eigenvalue weighted by atomic mass is 9.80. The minimum atomic E-state index is -1.41. The van der Waals surface area contributed by atoms with Gasteiger partial charge in [0.1, 0.15) is 0 Å². The third kappa shape index (κ3) is 6.12. The van der Waals surface area contributed by atoms with Crippen LogP contribution in [-0.2, 0) is 4.74 Å². The number of unbranched alkanes of at least 4 members (excludes halogenated alkanes) is 5. The summed E-state index contributed by atoms with van der Waals surface area (Å²) in [6.07, 6.45) is 7.65. The fraction of sp³-hybridized carbons (Fsp3) is 0.700. The molecule has 0 heterocycles. The molecule has 4 heteroatoms. The van der Waals surface area contributed by atoms with E-state index in [1.54, 1.807) is 0 Å². The zero-order chi connectivity index (χ0) is 18.2. The largest absolute Gasteiger partial charge is 0.375 e. The number of hydrogen-bond acceptors (Lipinski definition) is 1. The Kier molecular flexibility index (Phi) is 8.82. The van der Waals surface area contributed by atoms with Gasteiger partial charge in [-0.2, -0.15) is 0 Å². The molecule has 0 N–H and O–H groups in total. The molecule has 1 unspecified atom stereocenters. The van der Waals surface area contributed by atoms with Crippen LogP contribution in [0.3, 0.4) is 0 Å². The maximum atomic E-state index is 13.6. The summed E-state index contributed by atoms with van der Waals surface area (Å²) in [7, 11) is 0. The molecule has 0 radical (unpaired) electrons. The number of halogens is 3. The second-order valence-electron chi connectivity index (χ2n) is 6.94. The number of benzene rings is 1. The van der Waals surface area contributed by atoms with Gasteiger partial charge >= 0.3 is 0 Å². The van der Waals surface area contributed by atoms with Crippen LogP contribution in [0.15, 0.2) is 12.1 Å². The maximum absolute atomic E-state index is 13.6. The van der Waals surface area contributed by atoms with Gasteiger partial charge in [-0.15, -0.1) is 0 Å². The molecule has 0 amide bonds. The summed E-state index contributed by atoms with van der Waals surface area (Å²) in [5, 5.41) is 0. The Morgan fingerprint density at radius 2 is 1.46 bits per heavy atom. The molecule has 0 saturated carbocycles. The maximum Gasteiger partial charge on any atom is 0.194 e. The normalized spacial score (nSPS) is 13.3. The topological polar surface area (TPSA) is 9.23 Å². The first-order chi connectivity index (χ1) is 11.3. The molecular weight excluding hydrogens is 313 g/mol. The van der Waals surface area contributed by atoms with Crippen LogP contribution in [0.5, 0.6) is 0 Å². The Morgan fingerprint density at radius 3 is 2.00 bits per heavy atom. The van der Waals surface area contributed by atoms with Crippen molar-refractivity contribution in [2.24, 2.45) is 0 Å². The van der Waals surface area contributed by atoms with E-state index in [1.807, 2.05) is 20.8 Å². The number of hydrogen-bond donors (Lipinski definition) is 0. The van der Waals surface area contributed by atoms with Crippen LogP contribution in [0.2, 0.25) is 0 Å². The molecule has 0 saturated heterocycles. The van der Waals surface area contributed by atoms with Crippen molar-refractivity contribution in [2.75, 3.05) is 6.61 Å². The second-order valence-corrected chi connectivity index (χ2v) is 6.94. The highest BCUT2D eigenvalue weighted by molar-refractivity contribution is 5.25. The van der Waals surface area contributed by atoms with Crippen molar-refractivity contribution in [2.45, 2.75) is 84.2 Å². The molecule has 1 atom stereocenters. The van der Waals surface area contributed by atoms with Crippen LogP contribution < -0.4 is 0 Å². The van der Waals surface area contributed by atoms with Gasteiger partial charge in [0.15, 0.2) is 17.5 Å². The summed E-state index contributed by atoms with van der Waals surface area (Å²) in [5.41, 5.74) is -0.0899. The van der Waals surface area contributed by atoms with E-state index < -0.39 is 23.1 Å². The van der Waals surface area contributed by atoms with E-state index in [9.17, 15) is 13.2 Å². The van der Waals surface area contributed by atoms with E-state index >= 15 is 0 Å². The quantitative estimate of drug-likeness (QED) is 0.318. The van der Waals surface area contributed by atoms with Gasteiger partial charge < -0.3 is 4.74 Å². The lowest BCUT2D eigenvalue weighted by Crippen LogP contribution is -2.33. The Morgan fingerprint density at radius 1 is 0.917 bits per heavy atom. The third-order valence-electron chi connectivity index (χ3n) is 4.61. The van der Waals surface area contributed by atoms with E-state index in [-0.39, 0.29) is 5.92 Å². The molecule has 1 aromatic carbocycles. The highest BCUT2D eigenvalue weighted by Gasteiger charge is 2.32. The van der Waals surface area contributed by atoms with Crippen LogP contribution in [-0.4, -0.2) is 12.2 Å². The highest BCUT2D eigenvalue weighted by atomic mass is 19.2. The van der Waals surface area contributed by atoms with Gasteiger partial charge in [-0.25, -0.2) is 13.2 Å². The number of rotatable bonds is 11. The molecule has 138 valence electrons. The molecule has 1 rings (SSSR count). The summed E-state index contributed by atoms with van der Waals surface area (Å²) in [4.78, 5) is 0. The predicted octanol–water partition coefficient (Wildman–Crippen LogP) is 6.75. The van der Waals surface area contributed by atoms with Gasteiger partial charge in [0, 0.05) is 12.5 Å².